The average molecular weight is 354 g/mol. The van der Waals surface area contributed by atoms with Crippen LogP contribution in [0.3, 0.4) is 0 Å². The maximum absolute atomic E-state index is 5.41. The zero-order chi connectivity index (χ0) is 17.6. The highest BCUT2D eigenvalue weighted by Crippen LogP contribution is 2.18. The van der Waals surface area contributed by atoms with Gasteiger partial charge in [0.15, 0.2) is 5.11 Å². The molecule has 1 aliphatic rings. The van der Waals surface area contributed by atoms with Crippen molar-refractivity contribution in [3.05, 3.63) is 64.7 Å². The van der Waals surface area contributed by atoms with Gasteiger partial charge < -0.3 is 10.6 Å². The van der Waals surface area contributed by atoms with Crippen molar-refractivity contribution in [3.63, 3.8) is 0 Å². The van der Waals surface area contributed by atoms with Gasteiger partial charge in [-0.25, -0.2) is 0 Å². The molecule has 3 rings (SSSR count). The summed E-state index contributed by atoms with van der Waals surface area (Å²) in [5.41, 5.74) is 6.54. The fourth-order valence-corrected chi connectivity index (χ4v) is 3.69. The third-order valence-corrected chi connectivity index (χ3v) is 4.87. The lowest BCUT2D eigenvalue weighted by Crippen LogP contribution is -2.34. The number of nitrogens with one attached hydrogen (secondary N) is 2. The molecule has 0 radical (unpaired) electrons. The minimum atomic E-state index is 0.703. The summed E-state index contributed by atoms with van der Waals surface area (Å²) >= 11 is 5.41. The van der Waals surface area contributed by atoms with Gasteiger partial charge in [0.05, 0.1) is 0 Å². The highest BCUT2D eigenvalue weighted by atomic mass is 32.1. The van der Waals surface area contributed by atoms with Gasteiger partial charge in [0.2, 0.25) is 0 Å². The van der Waals surface area contributed by atoms with Crippen LogP contribution >= 0.6 is 12.2 Å². The van der Waals surface area contributed by atoms with Crippen molar-refractivity contribution in [1.29, 1.82) is 0 Å². The van der Waals surface area contributed by atoms with E-state index in [1.807, 2.05) is 0 Å². The van der Waals surface area contributed by atoms with E-state index in [0.29, 0.717) is 5.11 Å². The van der Waals surface area contributed by atoms with Crippen LogP contribution in [0.1, 0.15) is 28.7 Å². The molecule has 2 aromatic carbocycles. The van der Waals surface area contributed by atoms with Crippen molar-refractivity contribution in [1.82, 2.24) is 10.2 Å². The number of nitrogens with zero attached hydrogens (tertiary/aromatic N) is 1. The summed E-state index contributed by atoms with van der Waals surface area (Å²) in [7, 11) is 0. The minimum absolute atomic E-state index is 0.703. The number of benzene rings is 2. The van der Waals surface area contributed by atoms with E-state index in [-0.39, 0.29) is 0 Å². The van der Waals surface area contributed by atoms with E-state index in [4.69, 9.17) is 12.2 Å². The van der Waals surface area contributed by atoms with E-state index in [1.54, 1.807) is 0 Å². The topological polar surface area (TPSA) is 27.3 Å². The molecule has 1 heterocycles. The Morgan fingerprint density at radius 2 is 1.80 bits per heavy atom. The van der Waals surface area contributed by atoms with E-state index >= 15 is 0 Å². The molecular weight excluding hydrogens is 326 g/mol. The molecule has 0 aromatic heterocycles. The van der Waals surface area contributed by atoms with Gasteiger partial charge in [-0.3, -0.25) is 4.90 Å². The second-order valence-electron chi connectivity index (χ2n) is 6.91. The normalized spacial score (nSPS) is 14.0. The van der Waals surface area contributed by atoms with Crippen LogP contribution in [-0.4, -0.2) is 29.6 Å². The molecule has 2 aromatic rings. The number of thiocarbonyl (C=S) groups is 1. The second kappa shape index (κ2) is 8.45. The summed E-state index contributed by atoms with van der Waals surface area (Å²) in [5, 5.41) is 7.31. The first kappa shape index (κ1) is 17.9. The first-order valence-electron chi connectivity index (χ1n) is 9.02. The van der Waals surface area contributed by atoms with Crippen molar-refractivity contribution >= 4 is 23.0 Å². The molecule has 0 bridgehead atoms. The summed E-state index contributed by atoms with van der Waals surface area (Å²) < 4.78 is 0. The summed E-state index contributed by atoms with van der Waals surface area (Å²) in [4.78, 5) is 2.53. The van der Waals surface area contributed by atoms with Crippen LogP contribution < -0.4 is 10.6 Å². The third kappa shape index (κ3) is 5.28. The smallest absolute Gasteiger partial charge is 0.170 e. The molecule has 0 aliphatic carbocycles. The summed E-state index contributed by atoms with van der Waals surface area (Å²) in [6.45, 7) is 8.43. The fraction of sp³-hybridized carbons (Fsp3) is 0.381. The molecule has 4 heteroatoms. The lowest BCUT2D eigenvalue weighted by atomic mass is 10.00. The highest BCUT2D eigenvalue weighted by molar-refractivity contribution is 7.80. The van der Waals surface area contributed by atoms with Crippen LogP contribution in [0, 0.1) is 13.8 Å². The van der Waals surface area contributed by atoms with Gasteiger partial charge in [-0.05, 0) is 73.3 Å². The lowest BCUT2D eigenvalue weighted by Gasteiger charge is -2.28. The molecule has 0 amide bonds. The van der Waals surface area contributed by atoms with Crippen LogP contribution in [0.2, 0.25) is 0 Å². The lowest BCUT2D eigenvalue weighted by molar-refractivity contribution is 0.251. The Balaban J connectivity index is 1.38. The standard InChI is InChI=1S/C21H27N3S/c1-16-12-17(2)14-20(13-16)23-21(25)22-9-5-10-24-11-8-18-6-3-4-7-19(18)15-24/h3-4,6-7,12-14H,5,8-11,15H2,1-2H3,(H2,22,23,25). The van der Waals surface area contributed by atoms with Crippen LogP contribution in [0.25, 0.3) is 0 Å². The number of hydrogen-bond donors (Lipinski definition) is 2. The number of rotatable bonds is 5. The first-order valence-corrected chi connectivity index (χ1v) is 9.43. The maximum Gasteiger partial charge on any atom is 0.170 e. The van der Waals surface area contributed by atoms with Crippen molar-refractivity contribution in [2.24, 2.45) is 0 Å². The van der Waals surface area contributed by atoms with Crippen LogP contribution in [0.4, 0.5) is 5.69 Å². The number of hydrogen-bond acceptors (Lipinski definition) is 2. The van der Waals surface area contributed by atoms with Gasteiger partial charge in [-0.2, -0.15) is 0 Å². The average Bonchev–Trinajstić information content (AvgIpc) is 2.57. The Hall–Kier alpha value is -1.91. The Morgan fingerprint density at radius 1 is 1.08 bits per heavy atom. The molecule has 1 aliphatic heterocycles. The van der Waals surface area contributed by atoms with Gasteiger partial charge in [-0.15, -0.1) is 0 Å². The van der Waals surface area contributed by atoms with Crippen molar-refractivity contribution in [3.8, 4) is 0 Å². The Bertz CT molecular complexity index is 721. The zero-order valence-electron chi connectivity index (χ0n) is 15.1. The van der Waals surface area contributed by atoms with E-state index < -0.39 is 0 Å². The predicted molar refractivity (Wildman–Crippen MR) is 110 cm³/mol. The maximum atomic E-state index is 5.41. The molecule has 0 fully saturated rings. The zero-order valence-corrected chi connectivity index (χ0v) is 16.0. The molecule has 0 atom stereocenters. The number of fused-ring (bicyclic) bond motifs is 1. The highest BCUT2D eigenvalue weighted by Gasteiger charge is 2.14. The first-order chi connectivity index (χ1) is 12.1. The summed E-state index contributed by atoms with van der Waals surface area (Å²) in [6, 6.07) is 15.2. The molecule has 3 nitrogen and oxygen atoms in total. The van der Waals surface area contributed by atoms with Gasteiger partial charge >= 0.3 is 0 Å². The molecule has 0 spiro atoms. The fourth-order valence-electron chi connectivity index (χ4n) is 3.47. The van der Waals surface area contributed by atoms with Crippen LogP contribution in [0.5, 0.6) is 0 Å². The minimum Gasteiger partial charge on any atom is -0.362 e. The Kier molecular flexibility index (Phi) is 6.05. The second-order valence-corrected chi connectivity index (χ2v) is 7.31. The van der Waals surface area contributed by atoms with Crippen molar-refractivity contribution in [2.45, 2.75) is 33.2 Å². The molecule has 0 saturated heterocycles. The molecule has 132 valence electrons. The monoisotopic (exact) mass is 353 g/mol. The molecule has 0 saturated carbocycles. The number of aryl methyl sites for hydroxylation is 2. The quantitative estimate of drug-likeness (QED) is 0.627. The molecule has 0 unspecified atom stereocenters. The summed E-state index contributed by atoms with van der Waals surface area (Å²) in [5.74, 6) is 0. The van der Waals surface area contributed by atoms with Gasteiger partial charge in [0, 0.05) is 31.9 Å². The molecular formula is C21H27N3S. The Morgan fingerprint density at radius 3 is 2.56 bits per heavy atom. The van der Waals surface area contributed by atoms with Gasteiger partial charge in [0.25, 0.3) is 0 Å². The van der Waals surface area contributed by atoms with E-state index in [0.717, 1.165) is 44.7 Å². The van der Waals surface area contributed by atoms with E-state index in [2.05, 4.69) is 71.8 Å². The Labute approximate surface area is 156 Å². The third-order valence-electron chi connectivity index (χ3n) is 4.63. The summed E-state index contributed by atoms with van der Waals surface area (Å²) in [6.07, 6.45) is 2.26. The number of anilines is 1. The van der Waals surface area contributed by atoms with Crippen molar-refractivity contribution in [2.75, 3.05) is 25.0 Å². The van der Waals surface area contributed by atoms with Gasteiger partial charge in [-0.1, -0.05) is 30.3 Å². The van der Waals surface area contributed by atoms with Crippen molar-refractivity contribution < 1.29 is 0 Å². The van der Waals surface area contributed by atoms with Crippen LogP contribution in [0.15, 0.2) is 42.5 Å². The largest absolute Gasteiger partial charge is 0.362 e. The van der Waals surface area contributed by atoms with E-state index in [9.17, 15) is 0 Å². The molecule has 25 heavy (non-hydrogen) atoms. The molecule has 2 N–H and O–H groups in total. The van der Waals surface area contributed by atoms with Gasteiger partial charge in [0.1, 0.15) is 0 Å². The van der Waals surface area contributed by atoms with Crippen LogP contribution in [-0.2, 0) is 13.0 Å². The predicted octanol–water partition coefficient (Wildman–Crippen LogP) is 4.04. The SMILES string of the molecule is Cc1cc(C)cc(NC(=S)NCCCN2CCc3ccccc3C2)c1. The van der Waals surface area contributed by atoms with E-state index in [1.165, 1.54) is 22.3 Å².